The van der Waals surface area contributed by atoms with E-state index in [0.29, 0.717) is 24.6 Å². The number of nitrogens with zero attached hydrogens (tertiary/aromatic N) is 1. The highest BCUT2D eigenvalue weighted by Gasteiger charge is 2.29. The summed E-state index contributed by atoms with van der Waals surface area (Å²) in [5.41, 5.74) is 3.07. The van der Waals surface area contributed by atoms with Crippen molar-refractivity contribution in [3.05, 3.63) is 65.2 Å². The van der Waals surface area contributed by atoms with Crippen LogP contribution in [0.15, 0.2) is 53.4 Å². The number of piperidine rings is 1. The molecule has 1 saturated heterocycles. The molecule has 0 atom stereocenters. The summed E-state index contributed by atoms with van der Waals surface area (Å²) in [6, 6.07) is 14.8. The number of hydrogen-bond donors (Lipinski definition) is 1. The van der Waals surface area contributed by atoms with Crippen molar-refractivity contribution in [2.24, 2.45) is 5.92 Å². The zero-order valence-corrected chi connectivity index (χ0v) is 17.3. The van der Waals surface area contributed by atoms with E-state index >= 15 is 0 Å². The van der Waals surface area contributed by atoms with Gasteiger partial charge in [0.1, 0.15) is 0 Å². The molecule has 28 heavy (non-hydrogen) atoms. The van der Waals surface area contributed by atoms with Crippen LogP contribution in [-0.4, -0.2) is 38.8 Å². The summed E-state index contributed by atoms with van der Waals surface area (Å²) in [6.45, 7) is 3.20. The Balaban J connectivity index is 1.55. The lowest BCUT2D eigenvalue weighted by atomic mass is 9.91. The highest BCUT2D eigenvalue weighted by atomic mass is 32.2. The van der Waals surface area contributed by atoms with Crippen molar-refractivity contribution in [3.8, 4) is 0 Å². The van der Waals surface area contributed by atoms with Crippen molar-refractivity contribution >= 4 is 15.9 Å². The molecule has 0 spiro atoms. The molecule has 0 radical (unpaired) electrons. The number of carbonyl (C=O) groups excluding carboxylic acids is 1. The third-order valence-electron chi connectivity index (χ3n) is 5.52. The predicted octanol–water partition coefficient (Wildman–Crippen LogP) is 3.39. The molecule has 0 aliphatic carbocycles. The SMILES string of the molecule is CNC(=O)c1ccc(S(=O)(=O)N2CCC(CCc3ccc(C)cc3)CC2)cc1. The van der Waals surface area contributed by atoms with Crippen molar-refractivity contribution in [1.82, 2.24) is 9.62 Å². The van der Waals surface area contributed by atoms with Crippen LogP contribution in [0.25, 0.3) is 0 Å². The number of nitrogens with one attached hydrogen (secondary N) is 1. The van der Waals surface area contributed by atoms with E-state index in [-0.39, 0.29) is 10.8 Å². The minimum atomic E-state index is -3.50. The largest absolute Gasteiger partial charge is 0.355 e. The summed E-state index contributed by atoms with van der Waals surface area (Å²) in [5.74, 6) is 0.335. The van der Waals surface area contributed by atoms with Gasteiger partial charge in [-0.3, -0.25) is 4.79 Å². The van der Waals surface area contributed by atoms with Gasteiger partial charge < -0.3 is 5.32 Å². The Morgan fingerprint density at radius 3 is 2.21 bits per heavy atom. The lowest BCUT2D eigenvalue weighted by Crippen LogP contribution is -2.38. The Kier molecular flexibility index (Phi) is 6.52. The molecule has 6 heteroatoms. The van der Waals surface area contributed by atoms with Crippen LogP contribution in [0.5, 0.6) is 0 Å². The molecule has 150 valence electrons. The quantitative estimate of drug-likeness (QED) is 0.808. The highest BCUT2D eigenvalue weighted by molar-refractivity contribution is 7.89. The Morgan fingerprint density at radius 1 is 1.04 bits per heavy atom. The minimum Gasteiger partial charge on any atom is -0.355 e. The molecular formula is C22H28N2O3S. The van der Waals surface area contributed by atoms with Crippen LogP contribution in [0.3, 0.4) is 0 Å². The molecule has 1 heterocycles. The molecule has 1 N–H and O–H groups in total. The molecule has 1 aliphatic heterocycles. The van der Waals surface area contributed by atoms with Crippen molar-refractivity contribution in [2.75, 3.05) is 20.1 Å². The van der Waals surface area contributed by atoms with Gasteiger partial charge >= 0.3 is 0 Å². The van der Waals surface area contributed by atoms with E-state index in [1.807, 2.05) is 0 Å². The number of aryl methyl sites for hydroxylation is 2. The maximum absolute atomic E-state index is 12.9. The van der Waals surface area contributed by atoms with Gasteiger partial charge in [-0.25, -0.2) is 8.42 Å². The van der Waals surface area contributed by atoms with Crippen LogP contribution in [0.4, 0.5) is 0 Å². The fourth-order valence-electron chi connectivity index (χ4n) is 3.64. The van der Waals surface area contributed by atoms with E-state index in [1.54, 1.807) is 23.5 Å². The summed E-state index contributed by atoms with van der Waals surface area (Å²) in [4.78, 5) is 11.9. The first kappa shape index (κ1) is 20.6. The lowest BCUT2D eigenvalue weighted by molar-refractivity contribution is 0.0963. The van der Waals surface area contributed by atoms with Gasteiger partial charge in [-0.15, -0.1) is 0 Å². The standard InChI is InChI=1S/C22H28N2O3S/c1-17-3-5-18(6-4-17)7-8-19-13-15-24(16-14-19)28(26,27)21-11-9-20(10-12-21)22(25)23-2/h3-6,9-12,19H,7-8,13-16H2,1-2H3,(H,23,25). The maximum atomic E-state index is 12.9. The van der Waals surface area contributed by atoms with Crippen LogP contribution in [0.1, 0.15) is 40.7 Å². The molecule has 2 aromatic carbocycles. The number of sulfonamides is 1. The third kappa shape index (κ3) is 4.80. The van der Waals surface area contributed by atoms with Crippen molar-refractivity contribution in [3.63, 3.8) is 0 Å². The number of benzene rings is 2. The summed E-state index contributed by atoms with van der Waals surface area (Å²) < 4.78 is 27.3. The Labute approximate surface area is 167 Å². The van der Waals surface area contributed by atoms with Crippen LogP contribution in [-0.2, 0) is 16.4 Å². The number of rotatable bonds is 6. The molecule has 1 fully saturated rings. The van der Waals surface area contributed by atoms with Crippen molar-refractivity contribution in [1.29, 1.82) is 0 Å². The van der Waals surface area contributed by atoms with Gasteiger partial charge in [-0.2, -0.15) is 4.31 Å². The summed E-state index contributed by atoms with van der Waals surface area (Å²) in [6.07, 6.45) is 3.92. The van der Waals surface area contributed by atoms with E-state index < -0.39 is 10.0 Å². The summed E-state index contributed by atoms with van der Waals surface area (Å²) >= 11 is 0. The normalized spacial score (nSPS) is 16.1. The summed E-state index contributed by atoms with van der Waals surface area (Å²) in [7, 11) is -1.95. The zero-order chi connectivity index (χ0) is 20.1. The van der Waals surface area contributed by atoms with Gasteiger partial charge in [0.05, 0.1) is 4.90 Å². The molecule has 1 aliphatic rings. The zero-order valence-electron chi connectivity index (χ0n) is 16.5. The molecule has 2 aromatic rings. The van der Waals surface area contributed by atoms with Gasteiger partial charge in [0, 0.05) is 25.7 Å². The van der Waals surface area contributed by atoms with E-state index in [0.717, 1.165) is 25.7 Å². The maximum Gasteiger partial charge on any atom is 0.251 e. The molecule has 3 rings (SSSR count). The Hall–Kier alpha value is -2.18. The highest BCUT2D eigenvalue weighted by Crippen LogP contribution is 2.27. The number of carbonyl (C=O) groups is 1. The molecule has 5 nitrogen and oxygen atoms in total. The van der Waals surface area contributed by atoms with Gasteiger partial charge in [-0.05, 0) is 68.4 Å². The monoisotopic (exact) mass is 400 g/mol. The Morgan fingerprint density at radius 2 is 1.64 bits per heavy atom. The first-order valence-corrected chi connectivity index (χ1v) is 11.2. The fourth-order valence-corrected chi connectivity index (χ4v) is 5.11. The number of amides is 1. The van der Waals surface area contributed by atoms with Crippen molar-refractivity contribution in [2.45, 2.75) is 37.5 Å². The molecule has 0 unspecified atom stereocenters. The fraction of sp³-hybridized carbons (Fsp3) is 0.409. The van der Waals surface area contributed by atoms with E-state index in [2.05, 4.69) is 36.5 Å². The molecular weight excluding hydrogens is 372 g/mol. The molecule has 0 saturated carbocycles. The average molecular weight is 401 g/mol. The molecule has 0 aromatic heterocycles. The number of hydrogen-bond acceptors (Lipinski definition) is 3. The topological polar surface area (TPSA) is 66.5 Å². The van der Waals surface area contributed by atoms with Gasteiger partial charge in [0.25, 0.3) is 5.91 Å². The van der Waals surface area contributed by atoms with Crippen LogP contribution in [0, 0.1) is 12.8 Å². The van der Waals surface area contributed by atoms with E-state index in [9.17, 15) is 13.2 Å². The average Bonchev–Trinajstić information content (AvgIpc) is 2.73. The first-order valence-electron chi connectivity index (χ1n) is 9.78. The Bertz CT molecular complexity index is 898. The molecule has 1 amide bonds. The van der Waals surface area contributed by atoms with Crippen LogP contribution in [0.2, 0.25) is 0 Å². The van der Waals surface area contributed by atoms with Crippen molar-refractivity contribution < 1.29 is 13.2 Å². The van der Waals surface area contributed by atoms with Gasteiger partial charge in [-0.1, -0.05) is 29.8 Å². The van der Waals surface area contributed by atoms with Gasteiger partial charge in [0.15, 0.2) is 0 Å². The predicted molar refractivity (Wildman–Crippen MR) is 111 cm³/mol. The van der Waals surface area contributed by atoms with Crippen LogP contribution >= 0.6 is 0 Å². The second kappa shape index (κ2) is 8.88. The minimum absolute atomic E-state index is 0.224. The van der Waals surface area contributed by atoms with E-state index in [4.69, 9.17) is 0 Å². The second-order valence-electron chi connectivity index (χ2n) is 7.48. The molecule has 0 bridgehead atoms. The second-order valence-corrected chi connectivity index (χ2v) is 9.41. The first-order chi connectivity index (χ1) is 13.4. The summed E-state index contributed by atoms with van der Waals surface area (Å²) in [5, 5.41) is 2.54. The van der Waals surface area contributed by atoms with Crippen LogP contribution < -0.4 is 5.32 Å². The smallest absolute Gasteiger partial charge is 0.251 e. The van der Waals surface area contributed by atoms with Gasteiger partial charge in [0.2, 0.25) is 10.0 Å². The van der Waals surface area contributed by atoms with E-state index in [1.165, 1.54) is 23.3 Å². The third-order valence-corrected chi connectivity index (χ3v) is 7.43. The lowest BCUT2D eigenvalue weighted by Gasteiger charge is -2.31.